The van der Waals surface area contributed by atoms with Crippen LogP contribution in [0.1, 0.15) is 32.6 Å². The average Bonchev–Trinajstić information content (AvgIpc) is 3.18. The normalized spacial score (nSPS) is 18.1. The Labute approximate surface area is 191 Å². The van der Waals surface area contributed by atoms with E-state index in [4.69, 9.17) is 0 Å². The Balaban J connectivity index is 0.00000300. The maximum absolute atomic E-state index is 12.3. The molecule has 1 aliphatic carbocycles. The zero-order chi connectivity index (χ0) is 19.6. The van der Waals surface area contributed by atoms with E-state index in [1.54, 1.807) is 6.20 Å². The summed E-state index contributed by atoms with van der Waals surface area (Å²) in [6.07, 6.45) is 8.16. The number of halogens is 1. The number of carbonyl (C=O) groups excluding carboxylic acids is 1. The molecule has 2 heterocycles. The highest BCUT2D eigenvalue weighted by atomic mass is 127. The van der Waals surface area contributed by atoms with Crippen LogP contribution in [0.4, 0.5) is 0 Å². The molecule has 164 valence electrons. The minimum atomic E-state index is 0. The largest absolute Gasteiger partial charge is 0.357 e. The van der Waals surface area contributed by atoms with Crippen molar-refractivity contribution in [1.82, 2.24) is 30.2 Å². The van der Waals surface area contributed by atoms with Gasteiger partial charge in [-0.3, -0.25) is 19.4 Å². The van der Waals surface area contributed by atoms with Gasteiger partial charge in [-0.05, 0) is 32.3 Å². The van der Waals surface area contributed by atoms with Crippen LogP contribution in [-0.2, 0) is 11.3 Å². The van der Waals surface area contributed by atoms with Gasteiger partial charge < -0.3 is 15.5 Å². The molecule has 2 fully saturated rings. The van der Waals surface area contributed by atoms with Gasteiger partial charge in [-0.25, -0.2) is 0 Å². The number of amides is 1. The molecule has 2 N–H and O–H groups in total. The minimum Gasteiger partial charge on any atom is -0.357 e. The lowest BCUT2D eigenvalue weighted by atomic mass is 9.84. The summed E-state index contributed by atoms with van der Waals surface area (Å²) in [7, 11) is 0. The van der Waals surface area contributed by atoms with E-state index >= 15 is 0 Å². The molecule has 9 heteroatoms. The Hall–Kier alpha value is -1.36. The van der Waals surface area contributed by atoms with Crippen LogP contribution in [0.2, 0.25) is 0 Å². The Morgan fingerprint density at radius 1 is 1.17 bits per heavy atom. The maximum atomic E-state index is 12.3. The fourth-order valence-electron chi connectivity index (χ4n) is 3.64. The van der Waals surface area contributed by atoms with Crippen LogP contribution in [0, 0.1) is 5.92 Å². The number of nitrogens with zero attached hydrogens (tertiary/aromatic N) is 5. The monoisotopic (exact) mass is 517 g/mol. The van der Waals surface area contributed by atoms with Crippen LogP contribution < -0.4 is 10.6 Å². The van der Waals surface area contributed by atoms with Crippen molar-refractivity contribution in [2.24, 2.45) is 10.9 Å². The third-order valence-corrected chi connectivity index (χ3v) is 5.58. The number of hydrogen-bond donors (Lipinski definition) is 2. The van der Waals surface area contributed by atoms with Crippen LogP contribution in [0.3, 0.4) is 0 Å². The smallest absolute Gasteiger partial charge is 0.225 e. The third-order valence-electron chi connectivity index (χ3n) is 5.58. The number of aliphatic imine (C=N–C) groups is 1. The van der Waals surface area contributed by atoms with Crippen LogP contribution in [0.25, 0.3) is 0 Å². The predicted molar refractivity (Wildman–Crippen MR) is 127 cm³/mol. The zero-order valence-corrected chi connectivity index (χ0v) is 19.9. The van der Waals surface area contributed by atoms with Crippen LogP contribution in [0.5, 0.6) is 0 Å². The summed E-state index contributed by atoms with van der Waals surface area (Å²) in [6, 6.07) is 1.94. The molecule has 29 heavy (non-hydrogen) atoms. The second-order valence-corrected chi connectivity index (χ2v) is 7.60. The molecule has 8 nitrogen and oxygen atoms in total. The van der Waals surface area contributed by atoms with E-state index in [1.807, 2.05) is 16.9 Å². The molecule has 1 aliphatic heterocycles. The summed E-state index contributed by atoms with van der Waals surface area (Å²) in [6.45, 7) is 10.1. The number of guanidine groups is 1. The topological polar surface area (TPSA) is 77.8 Å². The van der Waals surface area contributed by atoms with E-state index < -0.39 is 0 Å². The van der Waals surface area contributed by atoms with Crippen molar-refractivity contribution in [1.29, 1.82) is 0 Å². The fourth-order valence-corrected chi connectivity index (χ4v) is 3.64. The molecular formula is C20H36IN7O. The van der Waals surface area contributed by atoms with Gasteiger partial charge >= 0.3 is 0 Å². The molecule has 1 aromatic rings. The van der Waals surface area contributed by atoms with E-state index in [9.17, 15) is 4.79 Å². The lowest BCUT2D eigenvalue weighted by molar-refractivity contribution is -0.139. The second kappa shape index (κ2) is 13.0. The highest BCUT2D eigenvalue weighted by Gasteiger charge is 2.30. The molecule has 1 aromatic heterocycles. The van der Waals surface area contributed by atoms with Gasteiger partial charge in [0.25, 0.3) is 0 Å². The molecule has 0 unspecified atom stereocenters. The zero-order valence-electron chi connectivity index (χ0n) is 17.6. The van der Waals surface area contributed by atoms with Gasteiger partial charge in [0.1, 0.15) is 0 Å². The van der Waals surface area contributed by atoms with Gasteiger partial charge in [0.2, 0.25) is 5.91 Å². The molecule has 1 amide bonds. The molecule has 0 aromatic carbocycles. The first-order chi connectivity index (χ1) is 13.8. The second-order valence-electron chi connectivity index (χ2n) is 7.60. The van der Waals surface area contributed by atoms with Crippen molar-refractivity contribution in [3.05, 3.63) is 18.5 Å². The maximum Gasteiger partial charge on any atom is 0.225 e. The van der Waals surface area contributed by atoms with E-state index in [2.05, 4.69) is 37.4 Å². The first-order valence-corrected chi connectivity index (χ1v) is 10.8. The Morgan fingerprint density at radius 2 is 1.97 bits per heavy atom. The molecule has 0 atom stereocenters. The van der Waals surface area contributed by atoms with Crippen molar-refractivity contribution in [3.63, 3.8) is 0 Å². The molecular weight excluding hydrogens is 481 g/mol. The van der Waals surface area contributed by atoms with Crippen molar-refractivity contribution >= 4 is 35.8 Å². The number of aryl methyl sites for hydroxylation is 1. The SMILES string of the molecule is CCNC(=NCCCn1cccn1)NCCN1CCN(C(=O)C2CCC2)CC1.I. The number of hydrogen-bond acceptors (Lipinski definition) is 4. The highest BCUT2D eigenvalue weighted by Crippen LogP contribution is 2.28. The van der Waals surface area contributed by atoms with Crippen molar-refractivity contribution in [2.75, 3.05) is 52.4 Å². The van der Waals surface area contributed by atoms with Gasteiger partial charge in [0.05, 0.1) is 0 Å². The van der Waals surface area contributed by atoms with Gasteiger partial charge in [-0.2, -0.15) is 5.10 Å². The predicted octanol–water partition coefficient (Wildman–Crippen LogP) is 1.39. The standard InChI is InChI=1S/C20H35N7O.HI/c1-2-21-20(22-8-4-11-27-12-5-9-24-27)23-10-13-25-14-16-26(17-15-25)19(28)18-6-3-7-18;/h5,9,12,18H,2-4,6-8,10-11,13-17H2,1H3,(H2,21,22,23);1H. The fraction of sp³-hybridized carbons (Fsp3) is 0.750. The molecule has 3 rings (SSSR count). The number of piperazine rings is 1. The Morgan fingerprint density at radius 3 is 2.59 bits per heavy atom. The lowest BCUT2D eigenvalue weighted by Gasteiger charge is -2.38. The number of carbonyl (C=O) groups is 1. The van der Waals surface area contributed by atoms with E-state index in [1.165, 1.54) is 6.42 Å². The first-order valence-electron chi connectivity index (χ1n) is 10.8. The molecule has 0 spiro atoms. The van der Waals surface area contributed by atoms with Gasteiger partial charge in [-0.15, -0.1) is 24.0 Å². The van der Waals surface area contributed by atoms with Crippen LogP contribution in [-0.4, -0.2) is 83.8 Å². The van der Waals surface area contributed by atoms with Gasteiger partial charge in [0.15, 0.2) is 5.96 Å². The third kappa shape index (κ3) is 7.76. The minimum absolute atomic E-state index is 0. The summed E-state index contributed by atoms with van der Waals surface area (Å²) in [5.74, 6) is 1.59. The van der Waals surface area contributed by atoms with Crippen LogP contribution >= 0.6 is 24.0 Å². The molecule has 1 saturated carbocycles. The molecule has 0 bridgehead atoms. The van der Waals surface area contributed by atoms with E-state index in [0.29, 0.717) is 11.8 Å². The van der Waals surface area contributed by atoms with E-state index in [0.717, 1.165) is 84.1 Å². The first kappa shape index (κ1) is 23.9. The van der Waals surface area contributed by atoms with Gasteiger partial charge in [0, 0.05) is 77.2 Å². The van der Waals surface area contributed by atoms with Crippen LogP contribution in [0.15, 0.2) is 23.5 Å². The van der Waals surface area contributed by atoms with Crippen molar-refractivity contribution in [2.45, 2.75) is 39.2 Å². The van der Waals surface area contributed by atoms with Gasteiger partial charge in [-0.1, -0.05) is 6.42 Å². The van der Waals surface area contributed by atoms with E-state index in [-0.39, 0.29) is 24.0 Å². The molecule has 1 saturated heterocycles. The van der Waals surface area contributed by atoms with Crippen molar-refractivity contribution in [3.8, 4) is 0 Å². The average molecular weight is 517 g/mol. The Kier molecular flexibility index (Phi) is 10.8. The molecule has 2 aliphatic rings. The summed E-state index contributed by atoms with van der Waals surface area (Å²) in [5, 5.41) is 10.9. The number of aromatic nitrogens is 2. The summed E-state index contributed by atoms with van der Waals surface area (Å²) >= 11 is 0. The summed E-state index contributed by atoms with van der Waals surface area (Å²) in [5.41, 5.74) is 0. The Bertz CT molecular complexity index is 610. The number of rotatable bonds is 9. The molecule has 0 radical (unpaired) electrons. The highest BCUT2D eigenvalue weighted by molar-refractivity contribution is 14.0. The van der Waals surface area contributed by atoms with Crippen molar-refractivity contribution < 1.29 is 4.79 Å². The number of nitrogens with one attached hydrogen (secondary N) is 2. The summed E-state index contributed by atoms with van der Waals surface area (Å²) in [4.78, 5) is 21.5. The lowest BCUT2D eigenvalue weighted by Crippen LogP contribution is -2.52. The quantitative estimate of drug-likeness (QED) is 0.224. The summed E-state index contributed by atoms with van der Waals surface area (Å²) < 4.78 is 1.94.